The van der Waals surface area contributed by atoms with Gasteiger partial charge >= 0.3 is 0 Å². The van der Waals surface area contributed by atoms with Crippen LogP contribution in [-0.4, -0.2) is 31.5 Å². The van der Waals surface area contributed by atoms with Crippen molar-refractivity contribution >= 4 is 11.6 Å². The van der Waals surface area contributed by atoms with E-state index in [9.17, 15) is 9.50 Å². The second-order valence-electron chi connectivity index (χ2n) is 6.80. The van der Waals surface area contributed by atoms with Crippen molar-refractivity contribution in [3.05, 3.63) is 89.3 Å². The maximum Gasteiger partial charge on any atom is 0.165 e. The summed E-state index contributed by atoms with van der Waals surface area (Å²) in [6.07, 6.45) is 5.55. The van der Waals surface area contributed by atoms with E-state index in [0.29, 0.717) is 18.8 Å². The van der Waals surface area contributed by atoms with E-state index in [2.05, 4.69) is 12.7 Å². The standard InChI is InChI=1S/C24H25FO3/c1-17(16-27-2)21-12-13-28-24(21)11-9-20(19-6-4-3-5-7-19)14-18-8-10-23(26)22(25)15-18/h3-8,10,12,14-15,24,26H,1,9,11,13,16H2,2H3/b20-14-. The minimum absolute atomic E-state index is 0.0219. The van der Waals surface area contributed by atoms with Gasteiger partial charge in [-0.15, -0.1) is 0 Å². The SMILES string of the molecule is C=C(COC)C1=CCOC1CC/C(=C/c1ccc(O)c(F)c1)c1ccccc1. The van der Waals surface area contributed by atoms with Crippen LogP contribution in [0.2, 0.25) is 0 Å². The number of ether oxygens (including phenoxy) is 2. The van der Waals surface area contributed by atoms with Gasteiger partial charge in [0, 0.05) is 7.11 Å². The Morgan fingerprint density at radius 2 is 2.07 bits per heavy atom. The Morgan fingerprint density at radius 3 is 2.79 bits per heavy atom. The Bertz CT molecular complexity index is 884. The molecule has 2 aromatic rings. The predicted octanol–water partition coefficient (Wildman–Crippen LogP) is 5.38. The molecule has 0 spiro atoms. The highest BCUT2D eigenvalue weighted by Crippen LogP contribution is 2.30. The number of rotatable bonds is 8. The molecule has 1 aliphatic heterocycles. The van der Waals surface area contributed by atoms with Crippen LogP contribution in [0.15, 0.2) is 72.3 Å². The highest BCUT2D eigenvalue weighted by Gasteiger charge is 2.22. The van der Waals surface area contributed by atoms with Crippen LogP contribution in [0, 0.1) is 5.82 Å². The maximum atomic E-state index is 13.7. The number of aromatic hydroxyl groups is 1. The number of benzene rings is 2. The number of phenolic OH excluding ortho intramolecular Hbond substituents is 1. The summed E-state index contributed by atoms with van der Waals surface area (Å²) in [4.78, 5) is 0. The molecule has 3 nitrogen and oxygen atoms in total. The molecule has 28 heavy (non-hydrogen) atoms. The molecule has 0 saturated carbocycles. The lowest BCUT2D eigenvalue weighted by Gasteiger charge is -2.18. The summed E-state index contributed by atoms with van der Waals surface area (Å²) in [5, 5.41) is 9.43. The van der Waals surface area contributed by atoms with Gasteiger partial charge in [0.2, 0.25) is 0 Å². The van der Waals surface area contributed by atoms with Crippen molar-refractivity contribution in [1.82, 2.24) is 0 Å². The van der Waals surface area contributed by atoms with Crippen molar-refractivity contribution in [2.75, 3.05) is 20.3 Å². The predicted molar refractivity (Wildman–Crippen MR) is 110 cm³/mol. The second-order valence-corrected chi connectivity index (χ2v) is 6.80. The van der Waals surface area contributed by atoms with Gasteiger partial charge in [0.25, 0.3) is 0 Å². The molecule has 0 amide bonds. The first-order chi connectivity index (χ1) is 13.6. The van der Waals surface area contributed by atoms with E-state index in [1.807, 2.05) is 36.4 Å². The zero-order valence-corrected chi connectivity index (χ0v) is 16.0. The fourth-order valence-corrected chi connectivity index (χ4v) is 3.40. The normalized spacial score (nSPS) is 16.9. The summed E-state index contributed by atoms with van der Waals surface area (Å²) >= 11 is 0. The molecule has 0 bridgehead atoms. The van der Waals surface area contributed by atoms with E-state index in [1.54, 1.807) is 13.2 Å². The lowest BCUT2D eigenvalue weighted by atomic mass is 9.93. The molecular formula is C24H25FO3. The van der Waals surface area contributed by atoms with Crippen molar-refractivity contribution in [3.63, 3.8) is 0 Å². The summed E-state index contributed by atoms with van der Waals surface area (Å²) in [5.41, 5.74) is 4.91. The first-order valence-corrected chi connectivity index (χ1v) is 9.31. The molecule has 1 aliphatic rings. The van der Waals surface area contributed by atoms with Crippen molar-refractivity contribution in [1.29, 1.82) is 0 Å². The first kappa shape index (κ1) is 20.1. The van der Waals surface area contributed by atoms with Crippen LogP contribution in [0.25, 0.3) is 11.6 Å². The van der Waals surface area contributed by atoms with Gasteiger partial charge in [-0.25, -0.2) is 4.39 Å². The topological polar surface area (TPSA) is 38.7 Å². The average Bonchev–Trinajstić information content (AvgIpc) is 3.17. The second kappa shape index (κ2) is 9.49. The highest BCUT2D eigenvalue weighted by molar-refractivity contribution is 5.81. The van der Waals surface area contributed by atoms with Gasteiger partial charge in [0.15, 0.2) is 11.6 Å². The Morgan fingerprint density at radius 1 is 1.29 bits per heavy atom. The number of hydrogen-bond acceptors (Lipinski definition) is 3. The number of methoxy groups -OCH3 is 1. The van der Waals surface area contributed by atoms with Crippen LogP contribution in [0.4, 0.5) is 4.39 Å². The van der Waals surface area contributed by atoms with E-state index in [-0.39, 0.29) is 11.9 Å². The Balaban J connectivity index is 1.80. The minimum Gasteiger partial charge on any atom is -0.505 e. The van der Waals surface area contributed by atoms with E-state index >= 15 is 0 Å². The smallest absolute Gasteiger partial charge is 0.165 e. The van der Waals surface area contributed by atoms with Crippen LogP contribution in [-0.2, 0) is 9.47 Å². The van der Waals surface area contributed by atoms with Crippen molar-refractivity contribution in [3.8, 4) is 5.75 Å². The number of halogens is 1. The monoisotopic (exact) mass is 380 g/mol. The molecule has 1 N–H and O–H groups in total. The third-order valence-corrected chi connectivity index (χ3v) is 4.81. The quantitative estimate of drug-likeness (QED) is 0.625. The molecule has 0 fully saturated rings. The van der Waals surface area contributed by atoms with Gasteiger partial charge in [-0.05, 0) is 52.8 Å². The molecule has 1 heterocycles. The molecule has 0 saturated heterocycles. The van der Waals surface area contributed by atoms with Gasteiger partial charge in [-0.3, -0.25) is 0 Å². The Labute approximate surface area is 165 Å². The Kier molecular flexibility index (Phi) is 6.80. The van der Waals surface area contributed by atoms with Crippen LogP contribution < -0.4 is 0 Å². The fourth-order valence-electron chi connectivity index (χ4n) is 3.40. The van der Waals surface area contributed by atoms with Gasteiger partial charge in [-0.1, -0.05) is 55.1 Å². The average molecular weight is 380 g/mol. The summed E-state index contributed by atoms with van der Waals surface area (Å²) in [6.45, 7) is 5.16. The first-order valence-electron chi connectivity index (χ1n) is 9.31. The molecular weight excluding hydrogens is 355 g/mol. The number of hydrogen-bond donors (Lipinski definition) is 1. The minimum atomic E-state index is -0.624. The summed E-state index contributed by atoms with van der Waals surface area (Å²) in [7, 11) is 1.66. The van der Waals surface area contributed by atoms with Gasteiger partial charge in [-0.2, -0.15) is 0 Å². The van der Waals surface area contributed by atoms with Crippen LogP contribution in [0.3, 0.4) is 0 Å². The van der Waals surface area contributed by atoms with Crippen LogP contribution >= 0.6 is 0 Å². The van der Waals surface area contributed by atoms with Crippen LogP contribution in [0.5, 0.6) is 5.75 Å². The highest BCUT2D eigenvalue weighted by atomic mass is 19.1. The lowest BCUT2D eigenvalue weighted by Crippen LogP contribution is -2.13. The molecule has 4 heteroatoms. The Hall–Kier alpha value is -2.69. The molecule has 0 aliphatic carbocycles. The van der Waals surface area contributed by atoms with E-state index in [1.165, 1.54) is 12.1 Å². The van der Waals surface area contributed by atoms with Crippen LogP contribution in [0.1, 0.15) is 24.0 Å². The molecule has 146 valence electrons. The molecule has 1 unspecified atom stereocenters. The molecule has 3 rings (SSSR count). The zero-order chi connectivity index (χ0) is 19.9. The molecule has 0 radical (unpaired) electrons. The molecule has 2 aromatic carbocycles. The largest absolute Gasteiger partial charge is 0.505 e. The summed E-state index contributed by atoms with van der Waals surface area (Å²) in [5.74, 6) is -0.967. The zero-order valence-electron chi connectivity index (χ0n) is 16.0. The lowest BCUT2D eigenvalue weighted by molar-refractivity contribution is 0.116. The van der Waals surface area contributed by atoms with Crippen molar-refractivity contribution in [2.24, 2.45) is 0 Å². The summed E-state index contributed by atoms with van der Waals surface area (Å²) in [6, 6.07) is 14.4. The van der Waals surface area contributed by atoms with Gasteiger partial charge in [0.05, 0.1) is 19.3 Å². The summed E-state index contributed by atoms with van der Waals surface area (Å²) < 4.78 is 24.8. The third-order valence-electron chi connectivity index (χ3n) is 4.81. The molecule has 1 atom stereocenters. The number of phenols is 1. The van der Waals surface area contributed by atoms with E-state index in [0.717, 1.165) is 35.1 Å². The van der Waals surface area contributed by atoms with E-state index in [4.69, 9.17) is 9.47 Å². The fraction of sp³-hybridized carbons (Fsp3) is 0.250. The number of allylic oxidation sites excluding steroid dienone is 1. The molecule has 0 aromatic heterocycles. The van der Waals surface area contributed by atoms with Gasteiger partial charge in [0.1, 0.15) is 0 Å². The van der Waals surface area contributed by atoms with Crippen molar-refractivity contribution in [2.45, 2.75) is 18.9 Å². The maximum absolute atomic E-state index is 13.7. The third kappa shape index (κ3) is 4.97. The van der Waals surface area contributed by atoms with Gasteiger partial charge < -0.3 is 14.6 Å². The van der Waals surface area contributed by atoms with Crippen molar-refractivity contribution < 1.29 is 19.0 Å². The van der Waals surface area contributed by atoms with E-state index < -0.39 is 5.82 Å².